The summed E-state index contributed by atoms with van der Waals surface area (Å²) in [6, 6.07) is 14.2. The molecule has 1 aliphatic rings. The van der Waals surface area contributed by atoms with Crippen molar-refractivity contribution in [1.82, 2.24) is 14.8 Å². The number of aromatic nitrogens is 3. The van der Waals surface area contributed by atoms with Crippen molar-refractivity contribution in [1.29, 1.82) is 0 Å². The van der Waals surface area contributed by atoms with Crippen molar-refractivity contribution in [3.8, 4) is 5.82 Å². The standard InChI is InChI=1S/C24H21Cl2N5O5S/c25-17-12-18(26)14-20(13-17)37(34,35)31(15-24(32)33)19-1-2-21-16(11-19)5-6-30(21)23-4-3-22(27-28-23)29-7-9-36-10-8-29/h1-6,11-14H,7-10,15H2,(H,32,33). The molecule has 37 heavy (non-hydrogen) atoms. The predicted molar refractivity (Wildman–Crippen MR) is 141 cm³/mol. The fourth-order valence-electron chi connectivity index (χ4n) is 4.14. The van der Waals surface area contributed by atoms with Crippen LogP contribution in [0.2, 0.25) is 10.0 Å². The third-order valence-electron chi connectivity index (χ3n) is 5.88. The Balaban J connectivity index is 1.49. The summed E-state index contributed by atoms with van der Waals surface area (Å²) in [5, 5.41) is 19.1. The van der Waals surface area contributed by atoms with E-state index in [2.05, 4.69) is 15.1 Å². The summed E-state index contributed by atoms with van der Waals surface area (Å²) in [6.07, 6.45) is 1.79. The number of carbonyl (C=O) groups is 1. The van der Waals surface area contributed by atoms with Crippen molar-refractivity contribution in [2.24, 2.45) is 0 Å². The van der Waals surface area contributed by atoms with Crippen molar-refractivity contribution >= 4 is 61.6 Å². The van der Waals surface area contributed by atoms with Gasteiger partial charge in [0.1, 0.15) is 6.54 Å². The van der Waals surface area contributed by atoms with E-state index in [1.54, 1.807) is 30.5 Å². The highest BCUT2D eigenvalue weighted by Gasteiger charge is 2.28. The summed E-state index contributed by atoms with van der Waals surface area (Å²) in [5.41, 5.74) is 0.924. The minimum Gasteiger partial charge on any atom is -0.480 e. The number of rotatable bonds is 7. The van der Waals surface area contributed by atoms with Crippen molar-refractivity contribution in [3.63, 3.8) is 0 Å². The fourth-order valence-corrected chi connectivity index (χ4v) is 6.27. The zero-order valence-electron chi connectivity index (χ0n) is 19.3. The van der Waals surface area contributed by atoms with E-state index in [9.17, 15) is 18.3 Å². The number of aliphatic carboxylic acids is 1. The van der Waals surface area contributed by atoms with Crippen LogP contribution in [0.15, 0.2) is 65.7 Å². The lowest BCUT2D eigenvalue weighted by molar-refractivity contribution is -0.135. The lowest BCUT2D eigenvalue weighted by atomic mass is 10.2. The SMILES string of the molecule is O=C(O)CN(c1ccc2c(ccn2-c2ccc(N3CCOCC3)nn2)c1)S(=O)(=O)c1cc(Cl)cc(Cl)c1. The molecule has 0 spiro atoms. The quantitative estimate of drug-likeness (QED) is 0.361. The van der Waals surface area contributed by atoms with Crippen LogP contribution in [-0.4, -0.2) is 67.1 Å². The van der Waals surface area contributed by atoms with Crippen LogP contribution in [0.25, 0.3) is 16.7 Å². The molecule has 192 valence electrons. The van der Waals surface area contributed by atoms with Gasteiger partial charge in [-0.2, -0.15) is 0 Å². The van der Waals surface area contributed by atoms with Gasteiger partial charge in [-0.3, -0.25) is 13.7 Å². The van der Waals surface area contributed by atoms with Crippen LogP contribution in [0.4, 0.5) is 11.5 Å². The number of hydrogen-bond acceptors (Lipinski definition) is 7. The highest BCUT2D eigenvalue weighted by molar-refractivity contribution is 7.92. The van der Waals surface area contributed by atoms with Gasteiger partial charge in [-0.15, -0.1) is 10.2 Å². The van der Waals surface area contributed by atoms with Crippen molar-refractivity contribution in [2.75, 3.05) is 42.1 Å². The molecular formula is C24H21Cl2N5O5S. The molecule has 1 aliphatic heterocycles. The van der Waals surface area contributed by atoms with E-state index in [-0.39, 0.29) is 20.6 Å². The first-order valence-corrected chi connectivity index (χ1v) is 13.4. The number of fused-ring (bicyclic) bond motifs is 1. The molecule has 0 unspecified atom stereocenters. The first kappa shape index (κ1) is 25.3. The Hall–Kier alpha value is -3.38. The maximum Gasteiger partial charge on any atom is 0.324 e. The van der Waals surface area contributed by atoms with Gasteiger partial charge in [0.05, 0.1) is 29.3 Å². The molecule has 0 aliphatic carbocycles. The predicted octanol–water partition coefficient (Wildman–Crippen LogP) is 3.84. The van der Waals surface area contributed by atoms with Crippen LogP contribution in [0, 0.1) is 0 Å². The summed E-state index contributed by atoms with van der Waals surface area (Å²) in [6.45, 7) is 2.01. The van der Waals surface area contributed by atoms with E-state index in [1.165, 1.54) is 18.2 Å². The number of halogens is 2. The Morgan fingerprint density at radius 2 is 1.65 bits per heavy atom. The number of carboxylic acids is 1. The molecule has 1 saturated heterocycles. The summed E-state index contributed by atoms with van der Waals surface area (Å²) >= 11 is 12.0. The average molecular weight is 562 g/mol. The number of benzene rings is 2. The Labute approximate surface area is 222 Å². The van der Waals surface area contributed by atoms with Gasteiger partial charge in [-0.1, -0.05) is 23.2 Å². The lowest BCUT2D eigenvalue weighted by Gasteiger charge is -2.27. The second-order valence-electron chi connectivity index (χ2n) is 8.29. The number of ether oxygens (including phenoxy) is 1. The van der Waals surface area contributed by atoms with Gasteiger partial charge in [0.2, 0.25) is 0 Å². The van der Waals surface area contributed by atoms with Crippen LogP contribution in [-0.2, 0) is 19.6 Å². The molecule has 3 heterocycles. The number of carboxylic acid groups (broad SMARTS) is 1. The molecule has 0 radical (unpaired) electrons. The summed E-state index contributed by atoms with van der Waals surface area (Å²) in [5.74, 6) is 0.0368. The Bertz CT molecular complexity index is 1550. The van der Waals surface area contributed by atoms with Gasteiger partial charge in [0, 0.05) is 34.7 Å². The molecule has 10 nitrogen and oxygen atoms in total. The number of sulfonamides is 1. The molecule has 2 aromatic heterocycles. The minimum atomic E-state index is -4.28. The highest BCUT2D eigenvalue weighted by Crippen LogP contribution is 2.31. The molecule has 1 fully saturated rings. The van der Waals surface area contributed by atoms with E-state index in [0.29, 0.717) is 24.4 Å². The van der Waals surface area contributed by atoms with Crippen LogP contribution < -0.4 is 9.21 Å². The lowest BCUT2D eigenvalue weighted by Crippen LogP contribution is -2.36. The molecule has 4 aromatic rings. The van der Waals surface area contributed by atoms with E-state index in [1.807, 2.05) is 16.7 Å². The van der Waals surface area contributed by atoms with Crippen LogP contribution in [0.1, 0.15) is 0 Å². The van der Waals surface area contributed by atoms with E-state index >= 15 is 0 Å². The van der Waals surface area contributed by atoms with E-state index < -0.39 is 22.5 Å². The zero-order valence-corrected chi connectivity index (χ0v) is 21.6. The normalized spacial score (nSPS) is 14.2. The van der Waals surface area contributed by atoms with Gasteiger partial charge in [-0.05, 0) is 54.6 Å². The summed E-state index contributed by atoms with van der Waals surface area (Å²) in [4.78, 5) is 13.5. The van der Waals surface area contributed by atoms with Gasteiger partial charge >= 0.3 is 5.97 Å². The number of hydrogen-bond donors (Lipinski definition) is 1. The Morgan fingerprint density at radius 3 is 2.30 bits per heavy atom. The monoisotopic (exact) mass is 561 g/mol. The molecule has 1 N–H and O–H groups in total. The van der Waals surface area contributed by atoms with Crippen LogP contribution in [0.3, 0.4) is 0 Å². The third kappa shape index (κ3) is 5.21. The fraction of sp³-hybridized carbons (Fsp3) is 0.208. The molecule has 0 bridgehead atoms. The van der Waals surface area contributed by atoms with E-state index in [0.717, 1.165) is 28.7 Å². The van der Waals surface area contributed by atoms with E-state index in [4.69, 9.17) is 27.9 Å². The average Bonchev–Trinajstić information content (AvgIpc) is 3.30. The van der Waals surface area contributed by atoms with Gasteiger partial charge in [0.15, 0.2) is 11.6 Å². The maximum absolute atomic E-state index is 13.4. The molecule has 5 rings (SSSR count). The largest absolute Gasteiger partial charge is 0.480 e. The van der Waals surface area contributed by atoms with Gasteiger partial charge < -0.3 is 14.7 Å². The number of nitrogens with zero attached hydrogens (tertiary/aromatic N) is 5. The van der Waals surface area contributed by atoms with Gasteiger partial charge in [-0.25, -0.2) is 8.42 Å². The van der Waals surface area contributed by atoms with Crippen molar-refractivity contribution < 1.29 is 23.1 Å². The Morgan fingerprint density at radius 1 is 0.973 bits per heavy atom. The smallest absolute Gasteiger partial charge is 0.324 e. The molecule has 13 heteroatoms. The first-order valence-electron chi connectivity index (χ1n) is 11.2. The van der Waals surface area contributed by atoms with Crippen LogP contribution in [0.5, 0.6) is 0 Å². The molecule has 0 amide bonds. The molecule has 0 saturated carbocycles. The molecule has 0 atom stereocenters. The topological polar surface area (TPSA) is 118 Å². The summed E-state index contributed by atoms with van der Waals surface area (Å²) in [7, 11) is -4.28. The number of anilines is 2. The minimum absolute atomic E-state index is 0.120. The zero-order chi connectivity index (χ0) is 26.2. The van der Waals surface area contributed by atoms with Crippen molar-refractivity contribution in [3.05, 3.63) is 70.8 Å². The van der Waals surface area contributed by atoms with Crippen molar-refractivity contribution in [2.45, 2.75) is 4.90 Å². The second kappa shape index (κ2) is 10.2. The third-order valence-corrected chi connectivity index (χ3v) is 8.07. The maximum atomic E-state index is 13.4. The van der Waals surface area contributed by atoms with Gasteiger partial charge in [0.25, 0.3) is 10.0 Å². The number of morpholine rings is 1. The first-order chi connectivity index (χ1) is 17.7. The summed E-state index contributed by atoms with van der Waals surface area (Å²) < 4.78 is 34.8. The molecule has 2 aromatic carbocycles. The highest BCUT2D eigenvalue weighted by atomic mass is 35.5. The second-order valence-corrected chi connectivity index (χ2v) is 11.0. The Kier molecular flexibility index (Phi) is 6.95. The van der Waals surface area contributed by atoms with Crippen LogP contribution >= 0.6 is 23.2 Å². The molecular weight excluding hydrogens is 541 g/mol.